The lowest BCUT2D eigenvalue weighted by molar-refractivity contribution is -0.141. The van der Waals surface area contributed by atoms with Crippen LogP contribution in [0.5, 0.6) is 0 Å². The number of carbonyl (C=O) groups is 2. The molecule has 0 aliphatic carbocycles. The van der Waals surface area contributed by atoms with E-state index in [1.807, 2.05) is 44.2 Å². The van der Waals surface area contributed by atoms with E-state index in [2.05, 4.69) is 5.32 Å². The summed E-state index contributed by atoms with van der Waals surface area (Å²) in [6.07, 6.45) is 1.59. The number of carbonyl (C=O) groups excluding carboxylic acids is 2. The molecule has 2 amide bonds. The topological polar surface area (TPSA) is 86.8 Å². The van der Waals surface area contributed by atoms with Crippen molar-refractivity contribution in [3.63, 3.8) is 0 Å². The largest absolute Gasteiger partial charge is 0.352 e. The molecule has 0 spiro atoms. The summed E-state index contributed by atoms with van der Waals surface area (Å²) in [6, 6.07) is 19.9. The molecular weight excluding hydrogens is 605 g/mol. The Labute approximate surface area is 257 Å². The van der Waals surface area contributed by atoms with Crippen LogP contribution in [0.4, 0.5) is 5.69 Å². The quantitative estimate of drug-likeness (QED) is 0.236. The van der Waals surface area contributed by atoms with Crippen LogP contribution < -0.4 is 9.62 Å². The number of amides is 2. The Morgan fingerprint density at radius 2 is 1.49 bits per heavy atom. The van der Waals surface area contributed by atoms with Crippen LogP contribution >= 0.6 is 34.8 Å². The number of nitrogens with zero attached hydrogens (tertiary/aromatic N) is 2. The van der Waals surface area contributed by atoms with Gasteiger partial charge >= 0.3 is 0 Å². The second kappa shape index (κ2) is 14.9. The first kappa shape index (κ1) is 32.7. The van der Waals surface area contributed by atoms with Crippen molar-refractivity contribution in [2.75, 3.05) is 17.1 Å². The van der Waals surface area contributed by atoms with Crippen LogP contribution in [-0.4, -0.2) is 50.0 Å². The number of sulfonamides is 1. The van der Waals surface area contributed by atoms with Crippen LogP contribution in [0.1, 0.15) is 37.8 Å². The van der Waals surface area contributed by atoms with Crippen molar-refractivity contribution in [3.8, 4) is 0 Å². The Bertz CT molecular complexity index is 1410. The molecule has 0 radical (unpaired) electrons. The van der Waals surface area contributed by atoms with Crippen molar-refractivity contribution in [1.82, 2.24) is 10.2 Å². The third kappa shape index (κ3) is 9.64. The molecule has 0 saturated carbocycles. The minimum Gasteiger partial charge on any atom is -0.352 e. The number of halogens is 3. The Kier molecular flexibility index (Phi) is 11.9. The maximum Gasteiger partial charge on any atom is 0.243 e. The van der Waals surface area contributed by atoms with Crippen LogP contribution in [-0.2, 0) is 32.6 Å². The second-order valence-corrected chi connectivity index (χ2v) is 13.2. The van der Waals surface area contributed by atoms with Gasteiger partial charge in [-0.05, 0) is 62.2 Å². The fourth-order valence-corrected chi connectivity index (χ4v) is 6.01. The van der Waals surface area contributed by atoms with E-state index >= 15 is 0 Å². The second-order valence-electron chi connectivity index (χ2n) is 10.0. The number of benzene rings is 3. The zero-order valence-electron chi connectivity index (χ0n) is 23.2. The fraction of sp³-hybridized carbons (Fsp3) is 0.333. The molecule has 0 aliphatic heterocycles. The molecule has 0 aliphatic rings. The van der Waals surface area contributed by atoms with Crippen LogP contribution in [0, 0.1) is 0 Å². The number of nitrogens with one attached hydrogen (secondary N) is 1. The first-order chi connectivity index (χ1) is 19.4. The van der Waals surface area contributed by atoms with Crippen LogP contribution in [0.2, 0.25) is 15.1 Å². The van der Waals surface area contributed by atoms with E-state index in [0.29, 0.717) is 26.3 Å². The maximum absolute atomic E-state index is 13.9. The lowest BCUT2D eigenvalue weighted by Gasteiger charge is -2.33. The lowest BCUT2D eigenvalue weighted by Crippen LogP contribution is -2.52. The molecule has 0 unspecified atom stereocenters. The van der Waals surface area contributed by atoms with E-state index in [9.17, 15) is 18.0 Å². The third-order valence-corrected chi connectivity index (χ3v) is 8.51. The van der Waals surface area contributed by atoms with Gasteiger partial charge in [0.25, 0.3) is 0 Å². The van der Waals surface area contributed by atoms with Gasteiger partial charge in [0.2, 0.25) is 21.8 Å². The molecule has 0 aromatic heterocycles. The monoisotopic (exact) mass is 637 g/mol. The Morgan fingerprint density at radius 1 is 0.878 bits per heavy atom. The first-order valence-corrected chi connectivity index (χ1v) is 16.1. The maximum atomic E-state index is 13.9. The van der Waals surface area contributed by atoms with E-state index in [-0.39, 0.29) is 50.2 Å². The minimum atomic E-state index is -3.63. The van der Waals surface area contributed by atoms with Crippen molar-refractivity contribution >= 4 is 62.3 Å². The molecule has 1 atom stereocenters. The summed E-state index contributed by atoms with van der Waals surface area (Å²) in [4.78, 5) is 28.9. The van der Waals surface area contributed by atoms with E-state index in [1.54, 1.807) is 42.5 Å². The molecule has 41 heavy (non-hydrogen) atoms. The lowest BCUT2D eigenvalue weighted by atomic mass is 10.0. The molecule has 0 bridgehead atoms. The van der Waals surface area contributed by atoms with Gasteiger partial charge in [-0.2, -0.15) is 0 Å². The summed E-state index contributed by atoms with van der Waals surface area (Å²) in [5.74, 6) is -0.635. The average molecular weight is 639 g/mol. The molecule has 0 heterocycles. The summed E-state index contributed by atoms with van der Waals surface area (Å²) >= 11 is 18.9. The van der Waals surface area contributed by atoms with Gasteiger partial charge in [0.1, 0.15) is 6.04 Å². The molecular formula is C30H34Cl3N3O4S. The van der Waals surface area contributed by atoms with Crippen molar-refractivity contribution < 1.29 is 18.0 Å². The van der Waals surface area contributed by atoms with Crippen LogP contribution in [0.15, 0.2) is 72.8 Å². The minimum absolute atomic E-state index is 0.00727. The molecule has 7 nitrogen and oxygen atoms in total. The highest BCUT2D eigenvalue weighted by Gasteiger charge is 2.31. The van der Waals surface area contributed by atoms with Crippen LogP contribution in [0.25, 0.3) is 0 Å². The van der Waals surface area contributed by atoms with Crippen LogP contribution in [0.3, 0.4) is 0 Å². The highest BCUT2D eigenvalue weighted by molar-refractivity contribution is 7.92. The van der Waals surface area contributed by atoms with Gasteiger partial charge in [0, 0.05) is 52.6 Å². The molecule has 1 N–H and O–H groups in total. The SMILES string of the molecule is CC(C)NC(=O)[C@H](Cc1ccccc1)N(Cc1c(Cl)cccc1Cl)C(=O)CCCN(c1ccc(Cl)cc1)S(C)(=O)=O. The molecule has 0 saturated heterocycles. The van der Waals surface area contributed by atoms with E-state index in [1.165, 1.54) is 9.21 Å². The van der Waals surface area contributed by atoms with Gasteiger partial charge in [-0.15, -0.1) is 0 Å². The zero-order valence-corrected chi connectivity index (χ0v) is 26.3. The predicted molar refractivity (Wildman–Crippen MR) is 167 cm³/mol. The highest BCUT2D eigenvalue weighted by Crippen LogP contribution is 2.28. The van der Waals surface area contributed by atoms with Gasteiger partial charge in [-0.25, -0.2) is 8.42 Å². The van der Waals surface area contributed by atoms with Gasteiger partial charge in [-0.1, -0.05) is 71.2 Å². The van der Waals surface area contributed by atoms with Gasteiger partial charge < -0.3 is 10.2 Å². The predicted octanol–water partition coefficient (Wildman–Crippen LogP) is 6.36. The Balaban J connectivity index is 1.92. The summed E-state index contributed by atoms with van der Waals surface area (Å²) in [5, 5.41) is 4.18. The summed E-state index contributed by atoms with van der Waals surface area (Å²) in [6.45, 7) is 3.78. The van der Waals surface area contributed by atoms with E-state index in [4.69, 9.17) is 34.8 Å². The molecule has 3 aromatic carbocycles. The first-order valence-electron chi connectivity index (χ1n) is 13.2. The third-order valence-electron chi connectivity index (χ3n) is 6.36. The van der Waals surface area contributed by atoms with E-state index in [0.717, 1.165) is 11.8 Å². The van der Waals surface area contributed by atoms with Crippen molar-refractivity contribution in [2.24, 2.45) is 0 Å². The number of hydrogen-bond donors (Lipinski definition) is 1. The summed E-state index contributed by atoms with van der Waals surface area (Å²) < 4.78 is 26.4. The smallest absolute Gasteiger partial charge is 0.243 e. The number of rotatable bonds is 13. The normalized spacial score (nSPS) is 12.2. The fourth-order valence-electron chi connectivity index (χ4n) is 4.40. The van der Waals surface area contributed by atoms with Gasteiger partial charge in [0.15, 0.2) is 0 Å². The molecule has 3 rings (SSSR count). The summed E-state index contributed by atoms with van der Waals surface area (Å²) in [7, 11) is -3.63. The van der Waals surface area contributed by atoms with E-state index < -0.39 is 16.1 Å². The Hall–Kier alpha value is -2.78. The zero-order chi connectivity index (χ0) is 30.2. The van der Waals surface area contributed by atoms with Gasteiger partial charge in [-0.3, -0.25) is 13.9 Å². The molecule has 11 heteroatoms. The van der Waals surface area contributed by atoms with Crippen molar-refractivity contribution in [2.45, 2.75) is 51.7 Å². The molecule has 0 fully saturated rings. The van der Waals surface area contributed by atoms with Crippen molar-refractivity contribution in [3.05, 3.63) is 99.0 Å². The average Bonchev–Trinajstić information content (AvgIpc) is 2.90. The highest BCUT2D eigenvalue weighted by atomic mass is 35.5. The summed E-state index contributed by atoms with van der Waals surface area (Å²) in [5.41, 5.74) is 1.85. The standard InChI is InChI=1S/C30H34Cl3N3O4S/c1-21(2)34-30(38)28(19-22-9-5-4-6-10-22)35(20-25-26(32)11-7-12-27(25)33)29(37)13-8-18-36(41(3,39)40)24-16-14-23(31)15-17-24/h4-7,9-12,14-17,21,28H,8,13,18-20H2,1-3H3,(H,34,38)/t28-/m0/s1. The molecule has 3 aromatic rings. The van der Waals surface area contributed by atoms with Gasteiger partial charge in [0.05, 0.1) is 11.9 Å². The number of hydrogen-bond acceptors (Lipinski definition) is 4. The molecule has 220 valence electrons. The van der Waals surface area contributed by atoms with Crippen molar-refractivity contribution in [1.29, 1.82) is 0 Å². The Morgan fingerprint density at radius 3 is 2.05 bits per heavy atom. The number of anilines is 1.